The fourth-order valence-electron chi connectivity index (χ4n) is 1.88. The third-order valence-corrected chi connectivity index (χ3v) is 3.27. The minimum atomic E-state index is -0.454. The van der Waals surface area contributed by atoms with Crippen LogP contribution in [-0.2, 0) is 0 Å². The zero-order chi connectivity index (χ0) is 12.0. The number of rotatable bonds is 2. The highest BCUT2D eigenvalue weighted by Gasteiger charge is 2.26. The van der Waals surface area contributed by atoms with Gasteiger partial charge in [-0.1, -0.05) is 17.7 Å². The molecule has 0 bridgehead atoms. The molecule has 1 aromatic carbocycles. The molecule has 0 unspecified atom stereocenters. The summed E-state index contributed by atoms with van der Waals surface area (Å²) in [6.07, 6.45) is 3.98. The van der Waals surface area contributed by atoms with Gasteiger partial charge < -0.3 is 10.3 Å². The Labute approximate surface area is 103 Å². The van der Waals surface area contributed by atoms with E-state index in [0.29, 0.717) is 23.1 Å². The van der Waals surface area contributed by atoms with E-state index in [4.69, 9.17) is 17.3 Å². The number of anilines is 1. The number of hydrogen-bond acceptors (Lipinski definition) is 2. The van der Waals surface area contributed by atoms with Crippen LogP contribution in [0.25, 0.3) is 11.3 Å². The van der Waals surface area contributed by atoms with Gasteiger partial charge in [0.15, 0.2) is 0 Å². The lowest BCUT2D eigenvalue weighted by Crippen LogP contribution is -1.99. The maximum Gasteiger partial charge on any atom is 0.142 e. The molecule has 3 rings (SSSR count). The molecule has 0 spiro atoms. The summed E-state index contributed by atoms with van der Waals surface area (Å²) in [6, 6.07) is 5.06. The Morgan fingerprint density at radius 3 is 2.82 bits per heavy atom. The lowest BCUT2D eigenvalue weighted by Gasteiger charge is -2.04. The van der Waals surface area contributed by atoms with E-state index < -0.39 is 5.82 Å². The molecule has 2 N–H and O–H groups in total. The van der Waals surface area contributed by atoms with Gasteiger partial charge in [0.05, 0.1) is 11.3 Å². The number of aromatic nitrogens is 2. The van der Waals surface area contributed by atoms with Gasteiger partial charge in [-0.15, -0.1) is 0 Å². The smallest absolute Gasteiger partial charge is 0.142 e. The molecule has 1 fully saturated rings. The summed E-state index contributed by atoms with van der Waals surface area (Å²) in [4.78, 5) is 4.25. The largest absolute Gasteiger partial charge is 0.383 e. The number of halogens is 2. The minimum absolute atomic E-state index is 0.106. The summed E-state index contributed by atoms with van der Waals surface area (Å²) < 4.78 is 15.3. The molecule has 88 valence electrons. The molecule has 1 saturated carbocycles. The molecule has 1 aromatic heterocycles. The molecule has 0 saturated heterocycles. The Bertz CT molecular complexity index is 575. The first-order valence-corrected chi connectivity index (χ1v) is 5.82. The van der Waals surface area contributed by atoms with Crippen LogP contribution in [0.4, 0.5) is 10.2 Å². The Balaban J connectivity index is 2.05. The van der Waals surface area contributed by atoms with Crippen LogP contribution in [0.1, 0.15) is 18.9 Å². The Kier molecular flexibility index (Phi) is 2.33. The van der Waals surface area contributed by atoms with E-state index in [9.17, 15) is 4.39 Å². The summed E-state index contributed by atoms with van der Waals surface area (Å²) >= 11 is 5.64. The number of nitrogen functional groups attached to an aromatic ring is 1. The van der Waals surface area contributed by atoms with Gasteiger partial charge in [0.2, 0.25) is 0 Å². The van der Waals surface area contributed by atoms with Crippen LogP contribution in [-0.4, -0.2) is 9.55 Å². The van der Waals surface area contributed by atoms with Crippen LogP contribution in [0.15, 0.2) is 24.5 Å². The third-order valence-electron chi connectivity index (χ3n) is 2.97. The van der Waals surface area contributed by atoms with Gasteiger partial charge in [0, 0.05) is 11.6 Å². The zero-order valence-electron chi connectivity index (χ0n) is 9.03. The van der Waals surface area contributed by atoms with E-state index in [0.717, 1.165) is 12.8 Å². The molecule has 0 atom stereocenters. The van der Waals surface area contributed by atoms with Gasteiger partial charge >= 0.3 is 0 Å². The van der Waals surface area contributed by atoms with Crippen molar-refractivity contribution in [3.8, 4) is 11.3 Å². The van der Waals surface area contributed by atoms with Gasteiger partial charge in [-0.3, -0.25) is 0 Å². The molecule has 0 aliphatic heterocycles. The van der Waals surface area contributed by atoms with Crippen molar-refractivity contribution in [3.63, 3.8) is 0 Å². The summed E-state index contributed by atoms with van der Waals surface area (Å²) in [5.41, 5.74) is 7.28. The number of nitrogens with two attached hydrogens (primary N) is 1. The Morgan fingerprint density at radius 2 is 2.18 bits per heavy atom. The van der Waals surface area contributed by atoms with Crippen molar-refractivity contribution in [2.45, 2.75) is 18.9 Å². The molecule has 1 heterocycles. The quantitative estimate of drug-likeness (QED) is 0.890. The number of benzene rings is 1. The first-order valence-electron chi connectivity index (χ1n) is 5.44. The molecule has 3 nitrogen and oxygen atoms in total. The monoisotopic (exact) mass is 251 g/mol. The highest BCUT2D eigenvalue weighted by atomic mass is 35.5. The first-order chi connectivity index (χ1) is 8.16. The van der Waals surface area contributed by atoms with Crippen molar-refractivity contribution >= 4 is 17.4 Å². The molecule has 17 heavy (non-hydrogen) atoms. The molecule has 1 aliphatic rings. The Hall–Kier alpha value is -1.55. The molecule has 1 aliphatic carbocycles. The molecular formula is C12H11ClFN3. The Morgan fingerprint density at radius 1 is 1.41 bits per heavy atom. The summed E-state index contributed by atoms with van der Waals surface area (Å²) in [5, 5.41) is 0.106. The van der Waals surface area contributed by atoms with E-state index in [1.54, 1.807) is 12.4 Å². The molecular weight excluding hydrogens is 241 g/mol. The van der Waals surface area contributed by atoms with Gasteiger partial charge in [-0.2, -0.15) is 0 Å². The van der Waals surface area contributed by atoms with Crippen LogP contribution in [0, 0.1) is 5.82 Å². The minimum Gasteiger partial charge on any atom is -0.383 e. The summed E-state index contributed by atoms with van der Waals surface area (Å²) in [7, 11) is 0. The topological polar surface area (TPSA) is 43.8 Å². The van der Waals surface area contributed by atoms with Gasteiger partial charge in [-0.25, -0.2) is 9.37 Å². The molecule has 5 heteroatoms. The fourth-order valence-corrected chi connectivity index (χ4v) is 2.00. The standard InChI is InChI=1S/C12H11ClFN3/c13-9-4-1-7(5-10(9)14)11-12(15)17(6-16-11)8-2-3-8/h1,4-6,8H,2-3,15H2. The maximum absolute atomic E-state index is 13.4. The maximum atomic E-state index is 13.4. The van der Waals surface area contributed by atoms with E-state index in [1.807, 2.05) is 4.57 Å². The molecule has 2 aromatic rings. The second-order valence-electron chi connectivity index (χ2n) is 4.25. The van der Waals surface area contributed by atoms with E-state index in [2.05, 4.69) is 4.98 Å². The summed E-state index contributed by atoms with van der Waals surface area (Å²) in [5.74, 6) is 0.138. The van der Waals surface area contributed by atoms with Crippen LogP contribution < -0.4 is 5.73 Å². The van der Waals surface area contributed by atoms with Crippen molar-refractivity contribution in [2.24, 2.45) is 0 Å². The van der Waals surface area contributed by atoms with Gasteiger partial charge in [-0.05, 0) is 25.0 Å². The molecule has 0 amide bonds. The second-order valence-corrected chi connectivity index (χ2v) is 4.65. The number of imidazole rings is 1. The van der Waals surface area contributed by atoms with Crippen molar-refractivity contribution in [2.75, 3.05) is 5.73 Å². The fraction of sp³-hybridized carbons (Fsp3) is 0.250. The van der Waals surface area contributed by atoms with Crippen LogP contribution >= 0.6 is 11.6 Å². The van der Waals surface area contributed by atoms with Crippen LogP contribution in [0.5, 0.6) is 0 Å². The SMILES string of the molecule is Nc1c(-c2ccc(Cl)c(F)c2)ncn1C1CC1. The highest BCUT2D eigenvalue weighted by Crippen LogP contribution is 2.39. The normalized spacial score (nSPS) is 15.2. The van der Waals surface area contributed by atoms with Crippen LogP contribution in [0.3, 0.4) is 0 Å². The highest BCUT2D eigenvalue weighted by molar-refractivity contribution is 6.30. The average molecular weight is 252 g/mol. The van der Waals surface area contributed by atoms with Crippen LogP contribution in [0.2, 0.25) is 5.02 Å². The predicted octanol–water partition coefficient (Wildman–Crippen LogP) is 3.26. The van der Waals surface area contributed by atoms with Crippen molar-refractivity contribution in [3.05, 3.63) is 35.4 Å². The van der Waals surface area contributed by atoms with E-state index >= 15 is 0 Å². The van der Waals surface area contributed by atoms with Crippen molar-refractivity contribution in [1.29, 1.82) is 0 Å². The summed E-state index contributed by atoms with van der Waals surface area (Å²) in [6.45, 7) is 0. The van der Waals surface area contributed by atoms with E-state index in [1.165, 1.54) is 12.1 Å². The van der Waals surface area contributed by atoms with Gasteiger partial charge in [0.25, 0.3) is 0 Å². The number of hydrogen-bond donors (Lipinski definition) is 1. The van der Waals surface area contributed by atoms with Crippen molar-refractivity contribution < 1.29 is 4.39 Å². The molecule has 0 radical (unpaired) electrons. The second kappa shape index (κ2) is 3.74. The van der Waals surface area contributed by atoms with Gasteiger partial charge in [0.1, 0.15) is 17.3 Å². The predicted molar refractivity (Wildman–Crippen MR) is 65.3 cm³/mol. The van der Waals surface area contributed by atoms with Crippen molar-refractivity contribution in [1.82, 2.24) is 9.55 Å². The third kappa shape index (κ3) is 1.78. The average Bonchev–Trinajstić information content (AvgIpc) is 3.07. The van der Waals surface area contributed by atoms with E-state index in [-0.39, 0.29) is 5.02 Å². The lowest BCUT2D eigenvalue weighted by molar-refractivity contribution is 0.628. The lowest BCUT2D eigenvalue weighted by atomic mass is 10.1. The number of nitrogens with zero attached hydrogens (tertiary/aromatic N) is 2. The first kappa shape index (κ1) is 10.6. The zero-order valence-corrected chi connectivity index (χ0v) is 9.78.